The lowest BCUT2D eigenvalue weighted by Gasteiger charge is -2.45. The summed E-state index contributed by atoms with van der Waals surface area (Å²) in [6.45, 7) is 2.90. The van der Waals surface area contributed by atoms with Gasteiger partial charge in [0, 0.05) is 35.1 Å². The second-order valence-electron chi connectivity index (χ2n) is 9.76. The number of fused-ring (bicyclic) bond motifs is 1. The molecule has 1 aliphatic rings. The molecule has 0 bridgehead atoms. The fraction of sp³-hybridized carbons (Fsp3) is 0.300. The molecule has 5 rings (SSSR count). The number of rotatable bonds is 8. The van der Waals surface area contributed by atoms with E-state index < -0.39 is 0 Å². The Hall–Kier alpha value is -4.15. The standard InChI is InChI=1S/C30H31N5O2/c1-4-37-28-14-22(11-12-27(28)21-8-5-7-20(13-21)17-31)30(36)35(26-15-25(16-26)34(2)3)19-24-10-6-9-23-18-32-33-29(23)24/h5-14,18,25-26H,4,15-16,19H2,1-3H3,(H,32,33). The van der Waals surface area contributed by atoms with E-state index in [0.29, 0.717) is 36.1 Å². The number of benzene rings is 3. The SMILES string of the molecule is CCOc1cc(C(=O)N(Cc2cccc3cn[nH]c23)C2CC(N(C)C)C2)ccc1-c1cccc(C#N)c1. The number of nitrogens with one attached hydrogen (secondary N) is 1. The molecule has 0 saturated heterocycles. The van der Waals surface area contributed by atoms with Crippen molar-refractivity contribution in [2.45, 2.75) is 38.4 Å². The first-order valence-corrected chi connectivity index (χ1v) is 12.6. The summed E-state index contributed by atoms with van der Waals surface area (Å²) in [6.07, 6.45) is 3.69. The van der Waals surface area contributed by atoms with Crippen LogP contribution in [0.5, 0.6) is 5.75 Å². The highest BCUT2D eigenvalue weighted by Gasteiger charge is 2.37. The summed E-state index contributed by atoms with van der Waals surface area (Å²) in [7, 11) is 4.18. The largest absolute Gasteiger partial charge is 0.493 e. The van der Waals surface area contributed by atoms with E-state index in [9.17, 15) is 10.1 Å². The maximum atomic E-state index is 14.0. The van der Waals surface area contributed by atoms with Crippen LogP contribution in [0.4, 0.5) is 0 Å². The fourth-order valence-electron chi connectivity index (χ4n) is 5.04. The van der Waals surface area contributed by atoms with Crippen molar-refractivity contribution >= 4 is 16.8 Å². The van der Waals surface area contributed by atoms with Gasteiger partial charge < -0.3 is 14.5 Å². The summed E-state index contributed by atoms with van der Waals surface area (Å²) < 4.78 is 5.98. The van der Waals surface area contributed by atoms with Gasteiger partial charge in [0.1, 0.15) is 5.75 Å². The highest BCUT2D eigenvalue weighted by Crippen LogP contribution is 2.35. The minimum atomic E-state index is -0.0167. The van der Waals surface area contributed by atoms with Crippen LogP contribution in [0, 0.1) is 11.3 Å². The topological polar surface area (TPSA) is 85.2 Å². The van der Waals surface area contributed by atoms with E-state index in [1.807, 2.05) is 66.6 Å². The first kappa shape index (κ1) is 24.5. The molecule has 0 atom stereocenters. The normalized spacial score (nSPS) is 16.8. The molecule has 7 heteroatoms. The molecule has 1 amide bonds. The number of H-pyrrole nitrogens is 1. The highest BCUT2D eigenvalue weighted by atomic mass is 16.5. The molecule has 188 valence electrons. The van der Waals surface area contributed by atoms with Gasteiger partial charge in [-0.15, -0.1) is 0 Å². The Morgan fingerprint density at radius 3 is 2.68 bits per heavy atom. The van der Waals surface area contributed by atoms with Crippen molar-refractivity contribution in [1.82, 2.24) is 20.0 Å². The molecule has 0 unspecified atom stereocenters. The van der Waals surface area contributed by atoms with E-state index in [4.69, 9.17) is 4.74 Å². The number of nitriles is 1. The number of carbonyl (C=O) groups excluding carboxylic acids is 1. The summed E-state index contributed by atoms with van der Waals surface area (Å²) in [5, 5.41) is 17.7. The van der Waals surface area contributed by atoms with Crippen molar-refractivity contribution in [3.05, 3.63) is 83.6 Å². The van der Waals surface area contributed by atoms with Crippen molar-refractivity contribution in [3.8, 4) is 22.9 Å². The van der Waals surface area contributed by atoms with Crippen LogP contribution in [0.3, 0.4) is 0 Å². The first-order chi connectivity index (χ1) is 18.0. The number of aromatic amines is 1. The average molecular weight is 494 g/mol. The third-order valence-electron chi connectivity index (χ3n) is 7.25. The second-order valence-corrected chi connectivity index (χ2v) is 9.76. The molecule has 3 aromatic carbocycles. The molecule has 1 heterocycles. The molecule has 0 aliphatic heterocycles. The van der Waals surface area contributed by atoms with Crippen molar-refractivity contribution in [3.63, 3.8) is 0 Å². The van der Waals surface area contributed by atoms with Crippen LogP contribution in [0.15, 0.2) is 66.9 Å². The van der Waals surface area contributed by atoms with E-state index in [1.165, 1.54) is 0 Å². The van der Waals surface area contributed by atoms with Crippen LogP contribution in [0.2, 0.25) is 0 Å². The third-order valence-corrected chi connectivity index (χ3v) is 7.25. The van der Waals surface area contributed by atoms with Gasteiger partial charge in [-0.3, -0.25) is 9.89 Å². The van der Waals surface area contributed by atoms with Crippen LogP contribution >= 0.6 is 0 Å². The van der Waals surface area contributed by atoms with E-state index >= 15 is 0 Å². The van der Waals surface area contributed by atoms with Crippen LogP contribution in [-0.2, 0) is 6.54 Å². The molecule has 1 aromatic heterocycles. The number of amides is 1. The van der Waals surface area contributed by atoms with Gasteiger partial charge in [0.15, 0.2) is 0 Å². The average Bonchev–Trinajstić information content (AvgIpc) is 3.37. The Morgan fingerprint density at radius 2 is 1.92 bits per heavy atom. The lowest BCUT2D eigenvalue weighted by Crippen LogP contribution is -2.53. The van der Waals surface area contributed by atoms with Gasteiger partial charge in [-0.05, 0) is 75.3 Å². The van der Waals surface area contributed by atoms with Crippen molar-refractivity contribution < 1.29 is 9.53 Å². The number of aromatic nitrogens is 2. The lowest BCUT2D eigenvalue weighted by atomic mass is 9.84. The van der Waals surface area contributed by atoms with Gasteiger partial charge >= 0.3 is 0 Å². The summed E-state index contributed by atoms with van der Waals surface area (Å²) in [5.41, 5.74) is 4.93. The Labute approximate surface area is 217 Å². The molecule has 7 nitrogen and oxygen atoms in total. The number of carbonyl (C=O) groups is 1. The Bertz CT molecular complexity index is 1460. The lowest BCUT2D eigenvalue weighted by molar-refractivity contribution is 0.0343. The second kappa shape index (κ2) is 10.5. The van der Waals surface area contributed by atoms with Gasteiger partial charge in [0.2, 0.25) is 0 Å². The zero-order chi connectivity index (χ0) is 25.9. The van der Waals surface area contributed by atoms with E-state index in [1.54, 1.807) is 6.07 Å². The van der Waals surface area contributed by atoms with Gasteiger partial charge in [-0.1, -0.05) is 30.3 Å². The summed E-state index contributed by atoms with van der Waals surface area (Å²) in [5.74, 6) is 0.621. The molecule has 1 fully saturated rings. The highest BCUT2D eigenvalue weighted by molar-refractivity contribution is 5.96. The van der Waals surface area contributed by atoms with E-state index in [0.717, 1.165) is 40.4 Å². The van der Waals surface area contributed by atoms with Crippen molar-refractivity contribution in [2.24, 2.45) is 0 Å². The number of hydrogen-bond donors (Lipinski definition) is 1. The Kier molecular flexibility index (Phi) is 6.93. The molecule has 37 heavy (non-hydrogen) atoms. The summed E-state index contributed by atoms with van der Waals surface area (Å²) in [4.78, 5) is 18.3. The molecule has 1 N–H and O–H groups in total. The molecule has 0 spiro atoms. The smallest absolute Gasteiger partial charge is 0.254 e. The van der Waals surface area contributed by atoms with Crippen LogP contribution in [0.25, 0.3) is 22.0 Å². The molecule has 0 radical (unpaired) electrons. The van der Waals surface area contributed by atoms with Gasteiger partial charge in [-0.25, -0.2) is 0 Å². The maximum Gasteiger partial charge on any atom is 0.254 e. The van der Waals surface area contributed by atoms with Crippen LogP contribution in [0.1, 0.15) is 41.3 Å². The number of nitrogens with zero attached hydrogens (tertiary/aromatic N) is 4. The predicted molar refractivity (Wildman–Crippen MR) is 144 cm³/mol. The third kappa shape index (κ3) is 4.93. The molecule has 1 saturated carbocycles. The monoisotopic (exact) mass is 493 g/mol. The maximum absolute atomic E-state index is 14.0. The van der Waals surface area contributed by atoms with Crippen LogP contribution < -0.4 is 4.74 Å². The number of ether oxygens (including phenoxy) is 1. The fourth-order valence-corrected chi connectivity index (χ4v) is 5.04. The van der Waals surface area contributed by atoms with Crippen molar-refractivity contribution in [1.29, 1.82) is 5.26 Å². The summed E-state index contributed by atoms with van der Waals surface area (Å²) >= 11 is 0. The zero-order valence-corrected chi connectivity index (χ0v) is 21.4. The summed E-state index contributed by atoms with van der Waals surface area (Å²) in [6, 6.07) is 22.0. The minimum absolute atomic E-state index is 0.0167. The number of para-hydroxylation sites is 1. The molecular formula is C30H31N5O2. The van der Waals surface area contributed by atoms with E-state index in [-0.39, 0.29) is 11.9 Å². The zero-order valence-electron chi connectivity index (χ0n) is 21.4. The predicted octanol–water partition coefficient (Wildman–Crippen LogP) is 5.24. The van der Waals surface area contributed by atoms with Crippen molar-refractivity contribution in [2.75, 3.05) is 20.7 Å². The molecular weight excluding hydrogens is 462 g/mol. The van der Waals surface area contributed by atoms with Gasteiger partial charge in [0.05, 0.1) is 30.0 Å². The quantitative estimate of drug-likeness (QED) is 0.363. The first-order valence-electron chi connectivity index (χ1n) is 12.6. The van der Waals surface area contributed by atoms with Gasteiger partial charge in [-0.2, -0.15) is 10.4 Å². The Balaban J connectivity index is 1.49. The minimum Gasteiger partial charge on any atom is -0.493 e. The Morgan fingerprint density at radius 1 is 1.11 bits per heavy atom. The number of hydrogen-bond acceptors (Lipinski definition) is 5. The molecule has 1 aliphatic carbocycles. The molecule has 4 aromatic rings. The van der Waals surface area contributed by atoms with Crippen LogP contribution in [-0.4, -0.2) is 58.7 Å². The van der Waals surface area contributed by atoms with Gasteiger partial charge in [0.25, 0.3) is 5.91 Å². The van der Waals surface area contributed by atoms with E-state index in [2.05, 4.69) is 41.3 Å².